The smallest absolute Gasteiger partial charge is 0.393 e. The largest absolute Gasteiger partial charge is 0.394 e. The minimum absolute atomic E-state index is 0.127. The van der Waals surface area contributed by atoms with Gasteiger partial charge in [-0.2, -0.15) is 18.4 Å². The Labute approximate surface area is 227 Å². The minimum Gasteiger partial charge on any atom is -0.394 e. The van der Waals surface area contributed by atoms with E-state index in [0.717, 1.165) is 60.3 Å². The molecule has 2 N–H and O–H groups in total. The number of likely N-dealkylation sites (tertiary alicyclic amines) is 1. The van der Waals surface area contributed by atoms with Crippen LogP contribution in [0.25, 0.3) is 21.1 Å². The standard InChI is InChI=1S/C27H29F3N6O2S/c1-38-21(15-37)14-36-20(12-31)9-18-8-17(2-3-24(18)36)13-35-6-4-19(5-7-35)34-25-23-10-22(11-27(28,29)30)39-26(23)33-16-32-25/h2-3,8-10,16,19,21,37H,4-7,11,13-15H2,1H3,(H,32,33,34)/t21-/m1/s1. The van der Waals surface area contributed by atoms with Crippen molar-refractivity contribution in [1.82, 2.24) is 19.4 Å². The number of aromatic nitrogens is 3. The molecule has 1 atom stereocenters. The molecule has 5 rings (SSSR count). The zero-order valence-corrected chi connectivity index (χ0v) is 22.2. The van der Waals surface area contributed by atoms with Crippen LogP contribution in [0.1, 0.15) is 29.0 Å². The fourth-order valence-corrected chi connectivity index (χ4v) is 6.14. The number of methoxy groups -OCH3 is 1. The van der Waals surface area contributed by atoms with E-state index in [-0.39, 0.29) is 23.6 Å². The molecular formula is C27H29F3N6O2S. The summed E-state index contributed by atoms with van der Waals surface area (Å²) in [7, 11) is 1.54. The summed E-state index contributed by atoms with van der Waals surface area (Å²) in [6, 6.07) is 12.0. The number of benzene rings is 1. The summed E-state index contributed by atoms with van der Waals surface area (Å²) in [5.74, 6) is 0.586. The van der Waals surface area contributed by atoms with E-state index < -0.39 is 12.6 Å². The molecule has 1 aliphatic rings. The molecule has 0 amide bonds. The summed E-state index contributed by atoms with van der Waals surface area (Å²) in [4.78, 5) is 11.6. The molecule has 1 aromatic carbocycles. The minimum atomic E-state index is -4.26. The fourth-order valence-electron chi connectivity index (χ4n) is 5.11. The molecule has 0 saturated carbocycles. The molecule has 0 radical (unpaired) electrons. The zero-order valence-electron chi connectivity index (χ0n) is 21.4. The summed E-state index contributed by atoms with van der Waals surface area (Å²) < 4.78 is 45.7. The number of anilines is 1. The third-order valence-corrected chi connectivity index (χ3v) is 8.14. The summed E-state index contributed by atoms with van der Waals surface area (Å²) in [6.07, 6.45) is -2.45. The molecule has 39 heavy (non-hydrogen) atoms. The Balaban J connectivity index is 1.21. The molecule has 12 heteroatoms. The van der Waals surface area contributed by atoms with E-state index in [2.05, 4.69) is 38.4 Å². The van der Waals surface area contributed by atoms with E-state index in [1.54, 1.807) is 13.2 Å². The Bertz CT molecular complexity index is 1480. The van der Waals surface area contributed by atoms with Gasteiger partial charge in [0.25, 0.3) is 0 Å². The first-order valence-electron chi connectivity index (χ1n) is 12.7. The molecule has 0 spiro atoms. The van der Waals surface area contributed by atoms with E-state index in [4.69, 9.17) is 4.74 Å². The van der Waals surface area contributed by atoms with Crippen LogP contribution in [0.3, 0.4) is 0 Å². The number of nitrogens with one attached hydrogen (secondary N) is 1. The van der Waals surface area contributed by atoms with Gasteiger partial charge >= 0.3 is 6.18 Å². The van der Waals surface area contributed by atoms with Gasteiger partial charge in [-0.15, -0.1) is 11.3 Å². The molecule has 0 unspecified atom stereocenters. The number of rotatable bonds is 9. The average molecular weight is 559 g/mol. The number of halogens is 3. The number of aliphatic hydroxyl groups is 1. The summed E-state index contributed by atoms with van der Waals surface area (Å²) >= 11 is 1.06. The number of hydrogen-bond acceptors (Lipinski definition) is 8. The first-order valence-corrected chi connectivity index (χ1v) is 13.5. The maximum atomic E-state index is 12.8. The van der Waals surface area contributed by atoms with Gasteiger partial charge in [-0.1, -0.05) is 6.07 Å². The highest BCUT2D eigenvalue weighted by atomic mass is 32.1. The van der Waals surface area contributed by atoms with Gasteiger partial charge < -0.3 is 19.7 Å². The van der Waals surface area contributed by atoms with Crippen molar-refractivity contribution in [2.75, 3.05) is 32.1 Å². The number of aliphatic hydroxyl groups excluding tert-OH is 1. The summed E-state index contributed by atoms with van der Waals surface area (Å²) in [5.41, 5.74) is 2.60. The van der Waals surface area contributed by atoms with Crippen LogP contribution >= 0.6 is 11.3 Å². The summed E-state index contributed by atoms with van der Waals surface area (Å²) in [5, 5.41) is 24.1. The van der Waals surface area contributed by atoms with Gasteiger partial charge in [0.1, 0.15) is 28.7 Å². The van der Waals surface area contributed by atoms with Crippen molar-refractivity contribution in [3.8, 4) is 6.07 Å². The molecule has 8 nitrogen and oxygen atoms in total. The van der Waals surface area contributed by atoms with E-state index >= 15 is 0 Å². The molecule has 1 fully saturated rings. The average Bonchev–Trinajstić information content (AvgIpc) is 3.47. The SMILES string of the molecule is CO[C@@H](CO)Cn1c(C#N)cc2cc(CN3CCC(Nc4ncnc5sc(CC(F)(F)F)cc45)CC3)ccc21. The molecule has 4 heterocycles. The second-order valence-electron chi connectivity index (χ2n) is 9.83. The highest BCUT2D eigenvalue weighted by molar-refractivity contribution is 7.18. The van der Waals surface area contributed by atoms with E-state index in [1.807, 2.05) is 16.7 Å². The van der Waals surface area contributed by atoms with Crippen LogP contribution in [0.15, 0.2) is 36.7 Å². The number of thiophene rings is 1. The van der Waals surface area contributed by atoms with Crippen molar-refractivity contribution in [1.29, 1.82) is 5.26 Å². The van der Waals surface area contributed by atoms with Crippen molar-refractivity contribution in [2.45, 2.75) is 50.7 Å². The lowest BCUT2D eigenvalue weighted by Crippen LogP contribution is -2.38. The predicted molar refractivity (Wildman–Crippen MR) is 144 cm³/mol. The van der Waals surface area contributed by atoms with Gasteiger partial charge in [0, 0.05) is 48.6 Å². The zero-order chi connectivity index (χ0) is 27.6. The number of alkyl halides is 3. The Morgan fingerprint density at radius 3 is 2.72 bits per heavy atom. The third kappa shape index (κ3) is 6.33. The predicted octanol–water partition coefficient (Wildman–Crippen LogP) is 4.71. The van der Waals surface area contributed by atoms with Gasteiger partial charge in [0.05, 0.1) is 31.1 Å². The normalized spacial score (nSPS) is 16.1. The quantitative estimate of drug-likeness (QED) is 0.307. The molecule has 1 aliphatic heterocycles. The van der Waals surface area contributed by atoms with Gasteiger partial charge in [-0.25, -0.2) is 9.97 Å². The monoisotopic (exact) mass is 558 g/mol. The van der Waals surface area contributed by atoms with Crippen LogP contribution in [0.5, 0.6) is 0 Å². The van der Waals surface area contributed by atoms with Gasteiger partial charge in [-0.05, 0) is 42.7 Å². The lowest BCUT2D eigenvalue weighted by molar-refractivity contribution is -0.126. The van der Waals surface area contributed by atoms with Crippen LogP contribution in [-0.2, 0) is 24.2 Å². The van der Waals surface area contributed by atoms with Crippen LogP contribution < -0.4 is 5.32 Å². The number of fused-ring (bicyclic) bond motifs is 2. The lowest BCUT2D eigenvalue weighted by Gasteiger charge is -2.32. The van der Waals surface area contributed by atoms with Gasteiger partial charge in [-0.3, -0.25) is 4.90 Å². The van der Waals surface area contributed by atoms with Crippen molar-refractivity contribution in [2.24, 2.45) is 0 Å². The van der Waals surface area contributed by atoms with Crippen LogP contribution in [0.2, 0.25) is 0 Å². The molecule has 206 valence electrons. The van der Waals surface area contributed by atoms with Gasteiger partial charge in [0.15, 0.2) is 0 Å². The Morgan fingerprint density at radius 2 is 2.03 bits per heavy atom. The second-order valence-corrected chi connectivity index (χ2v) is 10.9. The molecular weight excluding hydrogens is 529 g/mol. The van der Waals surface area contributed by atoms with Crippen LogP contribution in [0, 0.1) is 11.3 Å². The van der Waals surface area contributed by atoms with Crippen molar-refractivity contribution in [3.05, 3.63) is 52.8 Å². The Hall–Kier alpha value is -3.24. The fraction of sp³-hybridized carbons (Fsp3) is 0.444. The number of nitriles is 1. The molecule has 0 bridgehead atoms. The van der Waals surface area contributed by atoms with Gasteiger partial charge in [0.2, 0.25) is 0 Å². The summed E-state index contributed by atoms with van der Waals surface area (Å²) in [6.45, 7) is 2.77. The lowest BCUT2D eigenvalue weighted by atomic mass is 10.0. The molecule has 3 aromatic heterocycles. The van der Waals surface area contributed by atoms with Crippen molar-refractivity contribution in [3.63, 3.8) is 0 Å². The van der Waals surface area contributed by atoms with E-state index in [0.29, 0.717) is 28.3 Å². The first-order chi connectivity index (χ1) is 18.8. The molecule has 0 aliphatic carbocycles. The van der Waals surface area contributed by atoms with Crippen LogP contribution in [-0.4, -0.2) is 69.7 Å². The van der Waals surface area contributed by atoms with Crippen molar-refractivity contribution >= 4 is 38.3 Å². The highest BCUT2D eigenvalue weighted by Gasteiger charge is 2.29. The number of nitrogens with zero attached hydrogens (tertiary/aromatic N) is 5. The third-order valence-electron chi connectivity index (χ3n) is 7.09. The first kappa shape index (κ1) is 27.3. The Kier molecular flexibility index (Phi) is 8.04. The van der Waals surface area contributed by atoms with E-state index in [9.17, 15) is 23.5 Å². The number of hydrogen-bond donors (Lipinski definition) is 2. The van der Waals surface area contributed by atoms with E-state index in [1.165, 1.54) is 6.33 Å². The maximum Gasteiger partial charge on any atom is 0.393 e. The topological polar surface area (TPSA) is 99.2 Å². The number of piperidine rings is 1. The van der Waals surface area contributed by atoms with Crippen molar-refractivity contribution < 1.29 is 23.0 Å². The highest BCUT2D eigenvalue weighted by Crippen LogP contribution is 2.33. The molecule has 4 aromatic rings. The maximum absolute atomic E-state index is 12.8. The Morgan fingerprint density at radius 1 is 1.23 bits per heavy atom. The second kappa shape index (κ2) is 11.5. The molecule has 1 saturated heterocycles. The van der Waals surface area contributed by atoms with Crippen LogP contribution in [0.4, 0.5) is 19.0 Å². The number of ether oxygens (including phenoxy) is 1.